The van der Waals surface area contributed by atoms with Crippen LogP contribution in [0.15, 0.2) is 12.3 Å². The van der Waals surface area contributed by atoms with Gasteiger partial charge >= 0.3 is 0 Å². The molecule has 1 rings (SSSR count). The Bertz CT molecular complexity index is 328. The Labute approximate surface area is 108 Å². The maximum Gasteiger partial charge on any atom is 0.267 e. The summed E-state index contributed by atoms with van der Waals surface area (Å²) < 4.78 is 5.91. The molecule has 0 atom stereocenters. The van der Waals surface area contributed by atoms with Gasteiger partial charge in [-0.3, -0.25) is 4.79 Å². The molecule has 6 heteroatoms. The van der Waals surface area contributed by atoms with Gasteiger partial charge in [-0.15, -0.1) is 0 Å². The molecule has 5 nitrogen and oxygen atoms in total. The van der Waals surface area contributed by atoms with Crippen LogP contribution in [0.5, 0.6) is 0 Å². The zero-order valence-corrected chi connectivity index (χ0v) is 11.3. The molecule has 0 unspecified atom stereocenters. The first-order valence-electron chi connectivity index (χ1n) is 5.06. The molecular formula is C10H16IN3O2. The van der Waals surface area contributed by atoms with Crippen molar-refractivity contribution < 1.29 is 9.53 Å². The fourth-order valence-corrected chi connectivity index (χ4v) is 1.62. The van der Waals surface area contributed by atoms with Crippen LogP contribution >= 0.6 is 22.6 Å². The van der Waals surface area contributed by atoms with E-state index < -0.39 is 0 Å². The van der Waals surface area contributed by atoms with Gasteiger partial charge in [0.2, 0.25) is 0 Å². The summed E-state index contributed by atoms with van der Waals surface area (Å²) >= 11 is 2.16. The Kier molecular flexibility index (Phi) is 6.43. The van der Waals surface area contributed by atoms with Crippen LogP contribution in [0.2, 0.25) is 0 Å². The SMILES string of the molecule is COCCNCCNC(=O)c1cc(I)c[nH]1. The molecule has 0 fully saturated rings. The highest BCUT2D eigenvalue weighted by Crippen LogP contribution is 2.05. The lowest BCUT2D eigenvalue weighted by molar-refractivity contribution is 0.0949. The lowest BCUT2D eigenvalue weighted by Gasteiger charge is -2.05. The molecule has 0 saturated carbocycles. The number of hydrogen-bond donors (Lipinski definition) is 3. The van der Waals surface area contributed by atoms with Gasteiger partial charge in [0.1, 0.15) is 5.69 Å². The van der Waals surface area contributed by atoms with Crippen LogP contribution in [-0.4, -0.2) is 44.2 Å². The average molecular weight is 337 g/mol. The first-order valence-corrected chi connectivity index (χ1v) is 6.13. The van der Waals surface area contributed by atoms with E-state index in [9.17, 15) is 4.79 Å². The van der Waals surface area contributed by atoms with Crippen molar-refractivity contribution in [3.05, 3.63) is 21.5 Å². The second-order valence-corrected chi connectivity index (χ2v) is 4.48. The van der Waals surface area contributed by atoms with Crippen LogP contribution in [0, 0.1) is 3.57 Å². The van der Waals surface area contributed by atoms with Crippen molar-refractivity contribution in [3.8, 4) is 0 Å². The van der Waals surface area contributed by atoms with Crippen LogP contribution in [-0.2, 0) is 4.74 Å². The predicted octanol–water partition coefficient (Wildman–Crippen LogP) is 0.585. The Morgan fingerprint density at radius 1 is 1.50 bits per heavy atom. The molecule has 1 amide bonds. The zero-order valence-electron chi connectivity index (χ0n) is 9.18. The molecule has 16 heavy (non-hydrogen) atoms. The van der Waals surface area contributed by atoms with Gasteiger partial charge in [-0.2, -0.15) is 0 Å². The van der Waals surface area contributed by atoms with E-state index in [2.05, 4.69) is 38.2 Å². The third-order valence-electron chi connectivity index (χ3n) is 1.96. The number of methoxy groups -OCH3 is 1. The lowest BCUT2D eigenvalue weighted by atomic mass is 10.4. The average Bonchev–Trinajstić information content (AvgIpc) is 2.70. The van der Waals surface area contributed by atoms with Gasteiger partial charge in [0, 0.05) is 36.5 Å². The minimum absolute atomic E-state index is 0.0727. The first kappa shape index (κ1) is 13.5. The van der Waals surface area contributed by atoms with E-state index in [0.717, 1.165) is 16.7 Å². The third kappa shape index (κ3) is 4.95. The summed E-state index contributed by atoms with van der Waals surface area (Å²) in [5.41, 5.74) is 0.598. The van der Waals surface area contributed by atoms with E-state index in [4.69, 9.17) is 4.74 Å². The number of halogens is 1. The largest absolute Gasteiger partial charge is 0.383 e. The Morgan fingerprint density at radius 3 is 2.94 bits per heavy atom. The summed E-state index contributed by atoms with van der Waals surface area (Å²) in [6.07, 6.45) is 1.80. The van der Waals surface area contributed by atoms with Crippen molar-refractivity contribution >= 4 is 28.5 Å². The van der Waals surface area contributed by atoms with Gasteiger partial charge in [0.05, 0.1) is 6.61 Å². The number of aromatic nitrogens is 1. The van der Waals surface area contributed by atoms with Crippen molar-refractivity contribution in [1.29, 1.82) is 0 Å². The monoisotopic (exact) mass is 337 g/mol. The number of carbonyl (C=O) groups excluding carboxylic acids is 1. The molecule has 1 aromatic rings. The van der Waals surface area contributed by atoms with Crippen LogP contribution < -0.4 is 10.6 Å². The van der Waals surface area contributed by atoms with Crippen molar-refractivity contribution in [1.82, 2.24) is 15.6 Å². The molecule has 0 spiro atoms. The molecule has 1 aromatic heterocycles. The number of ether oxygens (including phenoxy) is 1. The number of carbonyl (C=O) groups is 1. The van der Waals surface area contributed by atoms with Crippen molar-refractivity contribution in [2.75, 3.05) is 33.4 Å². The van der Waals surface area contributed by atoms with E-state index in [1.807, 2.05) is 6.07 Å². The zero-order chi connectivity index (χ0) is 11.8. The first-order chi connectivity index (χ1) is 7.74. The third-order valence-corrected chi connectivity index (χ3v) is 2.59. The highest BCUT2D eigenvalue weighted by molar-refractivity contribution is 14.1. The topological polar surface area (TPSA) is 66.2 Å². The van der Waals surface area contributed by atoms with Crippen LogP contribution in [0.4, 0.5) is 0 Å². The van der Waals surface area contributed by atoms with Crippen molar-refractivity contribution in [2.45, 2.75) is 0 Å². The fourth-order valence-electron chi connectivity index (χ4n) is 1.16. The molecule has 0 aromatic carbocycles. The van der Waals surface area contributed by atoms with Gasteiger partial charge < -0.3 is 20.4 Å². The van der Waals surface area contributed by atoms with E-state index in [1.165, 1.54) is 0 Å². The van der Waals surface area contributed by atoms with Gasteiger partial charge in [-0.05, 0) is 28.7 Å². The van der Waals surface area contributed by atoms with Crippen LogP contribution in [0.3, 0.4) is 0 Å². The van der Waals surface area contributed by atoms with Crippen molar-refractivity contribution in [2.24, 2.45) is 0 Å². The molecule has 0 aliphatic rings. The van der Waals surface area contributed by atoms with Gasteiger partial charge in [-0.25, -0.2) is 0 Å². The lowest BCUT2D eigenvalue weighted by Crippen LogP contribution is -2.33. The summed E-state index contributed by atoms with van der Waals surface area (Å²) in [6, 6.07) is 1.81. The molecule has 1 heterocycles. The minimum atomic E-state index is -0.0727. The number of rotatable bonds is 7. The predicted molar refractivity (Wildman–Crippen MR) is 70.6 cm³/mol. The fraction of sp³-hybridized carbons (Fsp3) is 0.500. The number of H-pyrrole nitrogens is 1. The second-order valence-electron chi connectivity index (χ2n) is 3.23. The standard InChI is InChI=1S/C10H16IN3O2/c1-16-5-4-12-2-3-13-10(15)9-6-8(11)7-14-9/h6-7,12,14H,2-5H2,1H3,(H,13,15). The Hall–Kier alpha value is -0.600. The summed E-state index contributed by atoms with van der Waals surface area (Å²) in [4.78, 5) is 14.5. The second kappa shape index (κ2) is 7.64. The molecular weight excluding hydrogens is 321 g/mol. The molecule has 0 aliphatic heterocycles. The summed E-state index contributed by atoms with van der Waals surface area (Å²) in [6.45, 7) is 2.83. The number of amides is 1. The molecule has 3 N–H and O–H groups in total. The van der Waals surface area contributed by atoms with E-state index in [1.54, 1.807) is 13.3 Å². The van der Waals surface area contributed by atoms with Gasteiger partial charge in [0.25, 0.3) is 5.91 Å². The molecule has 90 valence electrons. The molecule has 0 aliphatic carbocycles. The minimum Gasteiger partial charge on any atom is -0.383 e. The van der Waals surface area contributed by atoms with Crippen LogP contribution in [0.1, 0.15) is 10.5 Å². The number of nitrogens with one attached hydrogen (secondary N) is 3. The van der Waals surface area contributed by atoms with E-state index in [-0.39, 0.29) is 5.91 Å². The summed E-state index contributed by atoms with van der Waals surface area (Å²) in [5.74, 6) is -0.0727. The van der Waals surface area contributed by atoms with Crippen molar-refractivity contribution in [3.63, 3.8) is 0 Å². The van der Waals surface area contributed by atoms with E-state index in [0.29, 0.717) is 18.8 Å². The van der Waals surface area contributed by atoms with Gasteiger partial charge in [0.15, 0.2) is 0 Å². The van der Waals surface area contributed by atoms with E-state index >= 15 is 0 Å². The molecule has 0 bridgehead atoms. The molecule has 0 saturated heterocycles. The normalized spacial score (nSPS) is 10.4. The maximum absolute atomic E-state index is 11.5. The maximum atomic E-state index is 11.5. The smallest absolute Gasteiger partial charge is 0.267 e. The highest BCUT2D eigenvalue weighted by atomic mass is 127. The number of aromatic amines is 1. The Balaban J connectivity index is 2.11. The van der Waals surface area contributed by atoms with Crippen LogP contribution in [0.25, 0.3) is 0 Å². The number of hydrogen-bond acceptors (Lipinski definition) is 3. The van der Waals surface area contributed by atoms with Gasteiger partial charge in [-0.1, -0.05) is 0 Å². The summed E-state index contributed by atoms with van der Waals surface area (Å²) in [5, 5.41) is 5.96. The Morgan fingerprint density at radius 2 is 2.31 bits per heavy atom. The highest BCUT2D eigenvalue weighted by Gasteiger charge is 2.05. The quantitative estimate of drug-likeness (QED) is 0.504. The summed E-state index contributed by atoms with van der Waals surface area (Å²) in [7, 11) is 1.66. The molecule has 0 radical (unpaired) electrons.